The Morgan fingerprint density at radius 3 is 2.75 bits per heavy atom. The molecule has 28 heavy (non-hydrogen) atoms. The lowest BCUT2D eigenvalue weighted by atomic mass is 9.81. The van der Waals surface area contributed by atoms with E-state index in [2.05, 4.69) is 21.6 Å². The van der Waals surface area contributed by atoms with Gasteiger partial charge in [-0.25, -0.2) is 0 Å². The maximum Gasteiger partial charge on any atom is 0.255 e. The summed E-state index contributed by atoms with van der Waals surface area (Å²) < 4.78 is 0. The highest BCUT2D eigenvalue weighted by Crippen LogP contribution is 2.35. The maximum absolute atomic E-state index is 13.0. The first kappa shape index (κ1) is 17.8. The van der Waals surface area contributed by atoms with Crippen LogP contribution in [0.25, 0.3) is 0 Å². The molecule has 1 atom stereocenters. The van der Waals surface area contributed by atoms with Crippen molar-refractivity contribution in [2.45, 2.75) is 56.8 Å². The molecule has 3 amide bonds. The fourth-order valence-electron chi connectivity index (χ4n) is 5.22. The minimum Gasteiger partial charge on any atom is -0.322 e. The van der Waals surface area contributed by atoms with Gasteiger partial charge in [-0.3, -0.25) is 24.6 Å². The van der Waals surface area contributed by atoms with Gasteiger partial charge in [-0.05, 0) is 43.0 Å². The van der Waals surface area contributed by atoms with Crippen molar-refractivity contribution in [2.75, 3.05) is 19.6 Å². The fourth-order valence-corrected chi connectivity index (χ4v) is 5.22. The molecule has 7 nitrogen and oxygen atoms in total. The second-order valence-electron chi connectivity index (χ2n) is 8.55. The summed E-state index contributed by atoms with van der Waals surface area (Å²) in [5, 5.41) is 5.80. The molecule has 0 bridgehead atoms. The van der Waals surface area contributed by atoms with E-state index in [0.717, 1.165) is 31.7 Å². The van der Waals surface area contributed by atoms with E-state index in [1.165, 1.54) is 24.8 Å². The SMILES string of the molecule is O=C1CCC(N2Cc3c(CN4CCCCC45CNC5)cccc3C2=O)C(=O)N1. The van der Waals surface area contributed by atoms with E-state index in [1.54, 1.807) is 4.90 Å². The number of fused-ring (bicyclic) bond motifs is 1. The molecule has 3 fully saturated rings. The molecule has 1 aromatic carbocycles. The molecule has 1 spiro atoms. The van der Waals surface area contributed by atoms with Crippen LogP contribution in [0.1, 0.15) is 53.6 Å². The molecule has 148 valence electrons. The molecular formula is C21H26N4O3. The first-order valence-corrected chi connectivity index (χ1v) is 10.3. The number of hydrogen-bond acceptors (Lipinski definition) is 5. The molecule has 0 aliphatic carbocycles. The lowest BCUT2D eigenvalue weighted by Gasteiger charge is -2.53. The van der Waals surface area contributed by atoms with E-state index in [0.29, 0.717) is 18.5 Å². The highest BCUT2D eigenvalue weighted by Gasteiger charge is 2.44. The summed E-state index contributed by atoms with van der Waals surface area (Å²) in [6.07, 6.45) is 4.43. The van der Waals surface area contributed by atoms with Crippen LogP contribution >= 0.6 is 0 Å². The van der Waals surface area contributed by atoms with Gasteiger partial charge in [0.2, 0.25) is 11.8 Å². The van der Waals surface area contributed by atoms with Crippen LogP contribution < -0.4 is 10.6 Å². The van der Waals surface area contributed by atoms with E-state index in [-0.39, 0.29) is 29.7 Å². The Balaban J connectivity index is 1.39. The first-order valence-electron chi connectivity index (χ1n) is 10.3. The van der Waals surface area contributed by atoms with Gasteiger partial charge in [0, 0.05) is 43.7 Å². The number of hydrogen-bond donors (Lipinski definition) is 2. The van der Waals surface area contributed by atoms with Gasteiger partial charge in [0.25, 0.3) is 5.91 Å². The summed E-state index contributed by atoms with van der Waals surface area (Å²) in [5.41, 5.74) is 3.21. The highest BCUT2D eigenvalue weighted by atomic mass is 16.2. The van der Waals surface area contributed by atoms with Crippen molar-refractivity contribution in [1.82, 2.24) is 20.4 Å². The number of likely N-dealkylation sites (tertiary alicyclic amines) is 1. The number of carbonyl (C=O) groups excluding carboxylic acids is 3. The number of piperidine rings is 2. The second-order valence-corrected chi connectivity index (χ2v) is 8.55. The standard InChI is InChI=1S/C21H26N4O3/c26-18-7-6-17(19(27)23-18)25-11-16-14(4-3-5-15(16)20(25)28)10-24-9-2-1-8-21(24)12-22-13-21/h3-5,17,22H,1-2,6-13H2,(H,23,26,27). The quantitative estimate of drug-likeness (QED) is 0.755. The smallest absolute Gasteiger partial charge is 0.255 e. The lowest BCUT2D eigenvalue weighted by molar-refractivity contribution is -0.136. The number of carbonyl (C=O) groups is 3. The van der Waals surface area contributed by atoms with Crippen LogP contribution in [0.5, 0.6) is 0 Å². The Kier molecular flexibility index (Phi) is 4.25. The fraction of sp³-hybridized carbons (Fsp3) is 0.571. The summed E-state index contributed by atoms with van der Waals surface area (Å²) in [7, 11) is 0. The molecule has 2 N–H and O–H groups in total. The number of nitrogens with zero attached hydrogens (tertiary/aromatic N) is 2. The van der Waals surface area contributed by atoms with E-state index < -0.39 is 6.04 Å². The third kappa shape index (κ3) is 2.76. The molecule has 4 aliphatic rings. The van der Waals surface area contributed by atoms with E-state index in [9.17, 15) is 14.4 Å². The van der Waals surface area contributed by atoms with Crippen LogP contribution in [0.4, 0.5) is 0 Å². The molecule has 0 aromatic heterocycles. The summed E-state index contributed by atoms with van der Waals surface area (Å²) in [4.78, 5) is 41.0. The van der Waals surface area contributed by atoms with Crippen LogP contribution in [0.2, 0.25) is 0 Å². The van der Waals surface area contributed by atoms with Crippen molar-refractivity contribution in [3.63, 3.8) is 0 Å². The molecule has 3 saturated heterocycles. The molecule has 4 aliphatic heterocycles. The molecular weight excluding hydrogens is 356 g/mol. The Morgan fingerprint density at radius 1 is 1.14 bits per heavy atom. The van der Waals surface area contributed by atoms with Gasteiger partial charge < -0.3 is 10.2 Å². The third-order valence-corrected chi connectivity index (χ3v) is 6.94. The van der Waals surface area contributed by atoms with Crippen molar-refractivity contribution in [3.05, 3.63) is 34.9 Å². The average Bonchev–Trinajstić information content (AvgIpc) is 2.99. The van der Waals surface area contributed by atoms with E-state index >= 15 is 0 Å². The largest absolute Gasteiger partial charge is 0.322 e. The number of imide groups is 1. The van der Waals surface area contributed by atoms with Crippen molar-refractivity contribution in [3.8, 4) is 0 Å². The topological polar surface area (TPSA) is 81.8 Å². The number of amides is 3. The molecule has 5 rings (SSSR count). The van der Waals surface area contributed by atoms with Crippen molar-refractivity contribution in [1.29, 1.82) is 0 Å². The zero-order chi connectivity index (χ0) is 19.3. The van der Waals surface area contributed by atoms with Gasteiger partial charge in [0.1, 0.15) is 6.04 Å². The maximum atomic E-state index is 13.0. The summed E-state index contributed by atoms with van der Waals surface area (Å²) >= 11 is 0. The Morgan fingerprint density at radius 2 is 2.00 bits per heavy atom. The first-order chi connectivity index (χ1) is 13.6. The minimum atomic E-state index is -0.553. The van der Waals surface area contributed by atoms with Crippen LogP contribution in [-0.2, 0) is 22.7 Å². The van der Waals surface area contributed by atoms with Gasteiger partial charge in [-0.15, -0.1) is 0 Å². The lowest BCUT2D eigenvalue weighted by Crippen LogP contribution is -2.69. The Labute approximate surface area is 164 Å². The Hall–Kier alpha value is -2.25. The molecule has 1 unspecified atom stereocenters. The van der Waals surface area contributed by atoms with Crippen LogP contribution in [0, 0.1) is 0 Å². The summed E-state index contributed by atoms with van der Waals surface area (Å²) in [6.45, 7) is 4.49. The normalized spacial score (nSPS) is 26.9. The van der Waals surface area contributed by atoms with Crippen molar-refractivity contribution < 1.29 is 14.4 Å². The van der Waals surface area contributed by atoms with Gasteiger partial charge in [-0.1, -0.05) is 18.6 Å². The minimum absolute atomic E-state index is 0.0926. The third-order valence-electron chi connectivity index (χ3n) is 6.94. The van der Waals surface area contributed by atoms with Crippen LogP contribution in [-0.4, -0.2) is 58.7 Å². The summed E-state index contributed by atoms with van der Waals surface area (Å²) in [5.74, 6) is -0.699. The molecule has 7 heteroatoms. The number of nitrogens with one attached hydrogen (secondary N) is 2. The molecule has 0 radical (unpaired) electrons. The zero-order valence-corrected chi connectivity index (χ0v) is 16.0. The molecule has 4 heterocycles. The van der Waals surface area contributed by atoms with Gasteiger partial charge >= 0.3 is 0 Å². The van der Waals surface area contributed by atoms with Crippen molar-refractivity contribution in [2.24, 2.45) is 0 Å². The van der Waals surface area contributed by atoms with Crippen LogP contribution in [0.3, 0.4) is 0 Å². The second kappa shape index (κ2) is 6.67. The van der Waals surface area contributed by atoms with Gasteiger partial charge in [0.05, 0.1) is 0 Å². The predicted octanol–water partition coefficient (Wildman–Crippen LogP) is 0.776. The molecule has 0 saturated carbocycles. The van der Waals surface area contributed by atoms with Crippen LogP contribution in [0.15, 0.2) is 18.2 Å². The summed E-state index contributed by atoms with van der Waals surface area (Å²) in [6, 6.07) is 5.39. The monoisotopic (exact) mass is 382 g/mol. The molecule has 1 aromatic rings. The van der Waals surface area contributed by atoms with Gasteiger partial charge in [-0.2, -0.15) is 0 Å². The number of benzene rings is 1. The highest BCUT2D eigenvalue weighted by molar-refractivity contribution is 6.05. The van der Waals surface area contributed by atoms with Crippen molar-refractivity contribution >= 4 is 17.7 Å². The average molecular weight is 382 g/mol. The Bertz CT molecular complexity index is 848. The van der Waals surface area contributed by atoms with E-state index in [4.69, 9.17) is 0 Å². The van der Waals surface area contributed by atoms with E-state index in [1.807, 2.05) is 12.1 Å². The zero-order valence-electron chi connectivity index (χ0n) is 16.0. The van der Waals surface area contributed by atoms with Gasteiger partial charge in [0.15, 0.2) is 0 Å². The number of rotatable bonds is 3. The predicted molar refractivity (Wildman–Crippen MR) is 102 cm³/mol.